The van der Waals surface area contributed by atoms with Crippen LogP contribution in [0.5, 0.6) is 5.75 Å². The van der Waals surface area contributed by atoms with E-state index in [9.17, 15) is 4.79 Å². The molecule has 15 heavy (non-hydrogen) atoms. The van der Waals surface area contributed by atoms with Crippen LogP contribution in [0.3, 0.4) is 0 Å². The molecule has 0 radical (unpaired) electrons. The van der Waals surface area contributed by atoms with E-state index in [4.69, 9.17) is 10.5 Å². The van der Waals surface area contributed by atoms with E-state index in [1.165, 1.54) is 0 Å². The highest BCUT2D eigenvalue weighted by molar-refractivity contribution is 5.91. The van der Waals surface area contributed by atoms with Crippen molar-refractivity contribution >= 4 is 11.6 Å². The Kier molecular flexibility index (Phi) is 2.87. The summed E-state index contributed by atoms with van der Waals surface area (Å²) in [6.07, 6.45) is 1.27. The highest BCUT2D eigenvalue weighted by atomic mass is 16.5. The van der Waals surface area contributed by atoms with Crippen LogP contribution in [0.25, 0.3) is 0 Å². The van der Waals surface area contributed by atoms with E-state index in [0.29, 0.717) is 13.0 Å². The number of carbonyl (C=O) groups is 1. The van der Waals surface area contributed by atoms with Crippen LogP contribution in [0.2, 0.25) is 0 Å². The summed E-state index contributed by atoms with van der Waals surface area (Å²) in [5, 5.41) is 2.80. The van der Waals surface area contributed by atoms with Crippen LogP contribution in [0.1, 0.15) is 12.0 Å². The summed E-state index contributed by atoms with van der Waals surface area (Å²) in [6, 6.07) is 5.69. The Hall–Kier alpha value is -1.55. The van der Waals surface area contributed by atoms with Crippen molar-refractivity contribution in [2.45, 2.75) is 12.8 Å². The molecule has 1 aliphatic heterocycles. The maximum Gasteiger partial charge on any atom is 0.225 e. The summed E-state index contributed by atoms with van der Waals surface area (Å²) in [4.78, 5) is 11.3. The molecule has 2 rings (SSSR count). The molecule has 0 fully saturated rings. The van der Waals surface area contributed by atoms with Crippen LogP contribution >= 0.6 is 0 Å². The molecule has 1 aromatic rings. The van der Waals surface area contributed by atoms with E-state index in [-0.39, 0.29) is 5.91 Å². The normalized spacial score (nSPS) is 13.1. The Bertz CT molecular complexity index is 377. The largest absolute Gasteiger partial charge is 0.493 e. The number of anilines is 1. The summed E-state index contributed by atoms with van der Waals surface area (Å²) in [5.41, 5.74) is 7.26. The van der Waals surface area contributed by atoms with Gasteiger partial charge in [0.15, 0.2) is 0 Å². The Labute approximate surface area is 88.4 Å². The first-order valence-corrected chi connectivity index (χ1v) is 5.05. The van der Waals surface area contributed by atoms with Crippen LogP contribution in [-0.2, 0) is 11.2 Å². The number of rotatable bonds is 3. The van der Waals surface area contributed by atoms with Gasteiger partial charge in [-0.05, 0) is 23.8 Å². The Morgan fingerprint density at radius 1 is 1.53 bits per heavy atom. The van der Waals surface area contributed by atoms with E-state index in [1.807, 2.05) is 18.2 Å². The second-order valence-corrected chi connectivity index (χ2v) is 3.51. The van der Waals surface area contributed by atoms with Gasteiger partial charge in [0.2, 0.25) is 5.91 Å². The van der Waals surface area contributed by atoms with Gasteiger partial charge in [-0.25, -0.2) is 0 Å². The van der Waals surface area contributed by atoms with Crippen molar-refractivity contribution in [2.75, 3.05) is 18.5 Å². The summed E-state index contributed by atoms with van der Waals surface area (Å²) in [6.45, 7) is 1.11. The molecule has 4 nitrogen and oxygen atoms in total. The molecule has 80 valence electrons. The molecule has 4 heteroatoms. The van der Waals surface area contributed by atoms with Crippen LogP contribution in [-0.4, -0.2) is 19.1 Å². The average molecular weight is 206 g/mol. The lowest BCUT2D eigenvalue weighted by Gasteiger charge is -2.05. The molecule has 0 aliphatic carbocycles. The smallest absolute Gasteiger partial charge is 0.225 e. The third kappa shape index (κ3) is 2.27. The maximum atomic E-state index is 11.3. The molecule has 1 aromatic carbocycles. The van der Waals surface area contributed by atoms with Gasteiger partial charge in [0.1, 0.15) is 5.75 Å². The molecule has 1 heterocycles. The fourth-order valence-corrected chi connectivity index (χ4v) is 1.62. The highest BCUT2D eigenvalue weighted by Gasteiger charge is 2.12. The standard InChI is InChI=1S/C11H14N2O2/c12-5-3-11(14)13-9-1-2-10-8(7-9)4-6-15-10/h1-2,7H,3-6,12H2,(H,13,14). The zero-order valence-electron chi connectivity index (χ0n) is 8.45. The van der Waals surface area contributed by atoms with Crippen molar-refractivity contribution in [3.63, 3.8) is 0 Å². The molecule has 0 saturated carbocycles. The zero-order chi connectivity index (χ0) is 10.7. The third-order valence-electron chi connectivity index (χ3n) is 2.34. The monoisotopic (exact) mass is 206 g/mol. The van der Waals surface area contributed by atoms with E-state index in [0.717, 1.165) is 30.0 Å². The van der Waals surface area contributed by atoms with Crippen LogP contribution < -0.4 is 15.8 Å². The Morgan fingerprint density at radius 3 is 3.20 bits per heavy atom. The van der Waals surface area contributed by atoms with E-state index >= 15 is 0 Å². The lowest BCUT2D eigenvalue weighted by Crippen LogP contribution is -2.16. The maximum absolute atomic E-state index is 11.3. The second kappa shape index (κ2) is 4.31. The van der Waals surface area contributed by atoms with Gasteiger partial charge in [0.25, 0.3) is 0 Å². The van der Waals surface area contributed by atoms with Gasteiger partial charge in [-0.3, -0.25) is 4.79 Å². The number of ether oxygens (including phenoxy) is 1. The van der Waals surface area contributed by atoms with Gasteiger partial charge >= 0.3 is 0 Å². The number of nitrogens with two attached hydrogens (primary N) is 1. The van der Waals surface area contributed by atoms with Crippen molar-refractivity contribution in [3.05, 3.63) is 23.8 Å². The van der Waals surface area contributed by atoms with Gasteiger partial charge in [-0.1, -0.05) is 0 Å². The molecule has 0 spiro atoms. The fourth-order valence-electron chi connectivity index (χ4n) is 1.62. The minimum absolute atomic E-state index is 0.0450. The minimum atomic E-state index is -0.0450. The predicted octanol–water partition coefficient (Wildman–Crippen LogP) is 0.909. The number of carbonyl (C=O) groups excluding carboxylic acids is 1. The quantitative estimate of drug-likeness (QED) is 0.772. The minimum Gasteiger partial charge on any atom is -0.493 e. The van der Waals surface area contributed by atoms with E-state index < -0.39 is 0 Å². The van der Waals surface area contributed by atoms with Crippen molar-refractivity contribution in [3.8, 4) is 5.75 Å². The first kappa shape index (κ1) is 9.98. The molecule has 3 N–H and O–H groups in total. The first-order valence-electron chi connectivity index (χ1n) is 5.05. The topological polar surface area (TPSA) is 64.4 Å². The van der Waals surface area contributed by atoms with Crippen molar-refractivity contribution in [2.24, 2.45) is 5.73 Å². The summed E-state index contributed by atoms with van der Waals surface area (Å²) < 4.78 is 5.37. The SMILES string of the molecule is NCCC(=O)Nc1ccc2c(c1)CCO2. The first-order chi connectivity index (χ1) is 7.29. The molecule has 0 bridgehead atoms. The van der Waals surface area contributed by atoms with Crippen molar-refractivity contribution in [1.82, 2.24) is 0 Å². The molecular formula is C11H14N2O2. The zero-order valence-corrected chi connectivity index (χ0v) is 8.45. The Balaban J connectivity index is 2.06. The van der Waals surface area contributed by atoms with Gasteiger partial charge in [-0.15, -0.1) is 0 Å². The fraction of sp³-hybridized carbons (Fsp3) is 0.364. The molecule has 0 atom stereocenters. The molecule has 1 amide bonds. The summed E-state index contributed by atoms with van der Waals surface area (Å²) >= 11 is 0. The molecule has 0 aromatic heterocycles. The van der Waals surface area contributed by atoms with Gasteiger partial charge in [0.05, 0.1) is 6.61 Å². The number of benzene rings is 1. The average Bonchev–Trinajstić information content (AvgIpc) is 2.65. The third-order valence-corrected chi connectivity index (χ3v) is 2.34. The van der Waals surface area contributed by atoms with E-state index in [1.54, 1.807) is 0 Å². The number of amides is 1. The highest BCUT2D eigenvalue weighted by Crippen LogP contribution is 2.27. The van der Waals surface area contributed by atoms with Crippen LogP contribution in [0, 0.1) is 0 Å². The van der Waals surface area contributed by atoms with Crippen LogP contribution in [0.4, 0.5) is 5.69 Å². The molecule has 0 unspecified atom stereocenters. The number of fused-ring (bicyclic) bond motifs is 1. The van der Waals surface area contributed by atoms with Gasteiger partial charge < -0.3 is 15.8 Å². The van der Waals surface area contributed by atoms with Crippen molar-refractivity contribution in [1.29, 1.82) is 0 Å². The predicted molar refractivity (Wildman–Crippen MR) is 57.9 cm³/mol. The second-order valence-electron chi connectivity index (χ2n) is 3.51. The molecule has 0 saturated heterocycles. The lowest BCUT2D eigenvalue weighted by molar-refractivity contribution is -0.116. The van der Waals surface area contributed by atoms with E-state index in [2.05, 4.69) is 5.32 Å². The van der Waals surface area contributed by atoms with Crippen LogP contribution in [0.15, 0.2) is 18.2 Å². The number of hydrogen-bond acceptors (Lipinski definition) is 3. The molecular weight excluding hydrogens is 192 g/mol. The van der Waals surface area contributed by atoms with Gasteiger partial charge in [-0.2, -0.15) is 0 Å². The molecule has 1 aliphatic rings. The Morgan fingerprint density at radius 2 is 2.40 bits per heavy atom. The number of nitrogens with one attached hydrogen (secondary N) is 1. The van der Waals surface area contributed by atoms with Crippen molar-refractivity contribution < 1.29 is 9.53 Å². The summed E-state index contributed by atoms with van der Waals surface area (Å²) in [7, 11) is 0. The summed E-state index contributed by atoms with van der Waals surface area (Å²) in [5.74, 6) is 0.878. The number of hydrogen-bond donors (Lipinski definition) is 2. The van der Waals surface area contributed by atoms with Gasteiger partial charge in [0, 0.05) is 25.1 Å². The lowest BCUT2D eigenvalue weighted by atomic mass is 10.1.